The van der Waals surface area contributed by atoms with Crippen LogP contribution in [-0.2, 0) is 14.3 Å². The summed E-state index contributed by atoms with van der Waals surface area (Å²) in [6.45, 7) is 0. The lowest BCUT2D eigenvalue weighted by Crippen LogP contribution is -2.21. The van der Waals surface area contributed by atoms with Crippen molar-refractivity contribution in [1.29, 1.82) is 0 Å². The van der Waals surface area contributed by atoms with Crippen molar-refractivity contribution in [3.05, 3.63) is 0 Å². The Bertz CT molecular complexity index is 298. The second-order valence-corrected chi connectivity index (χ2v) is 4.85. The summed E-state index contributed by atoms with van der Waals surface area (Å²) < 4.78 is 26.1. The summed E-state index contributed by atoms with van der Waals surface area (Å²) in [4.78, 5) is 0.269. The normalized spacial score (nSPS) is 10.8. The molecule has 0 saturated carbocycles. The van der Waals surface area contributed by atoms with E-state index in [0.717, 1.165) is 0 Å². The molecule has 0 atom stereocenters. The predicted molar refractivity (Wildman–Crippen MR) is 57.7 cm³/mol. The lowest BCUT2D eigenvalue weighted by molar-refractivity contribution is 0.483. The second kappa shape index (κ2) is 5.30. The van der Waals surface area contributed by atoms with Crippen LogP contribution in [0.5, 0.6) is 0 Å². The summed E-state index contributed by atoms with van der Waals surface area (Å²) >= 11 is 8.83. The molecule has 0 saturated heterocycles. The van der Waals surface area contributed by atoms with Gasteiger partial charge in [-0.1, -0.05) is 12.2 Å². The van der Waals surface area contributed by atoms with Crippen LogP contribution in [0.15, 0.2) is 0 Å². The van der Waals surface area contributed by atoms with Gasteiger partial charge in [-0.3, -0.25) is 0 Å². The molecule has 0 rings (SSSR count). The van der Waals surface area contributed by atoms with Crippen molar-refractivity contribution in [1.82, 2.24) is 0 Å². The molecule has 0 aromatic heterocycles. The number of hydrogen-bond acceptors (Lipinski definition) is 5. The molecule has 0 amide bonds. The summed E-state index contributed by atoms with van der Waals surface area (Å²) in [7, 11) is -3.66. The first-order valence-corrected chi connectivity index (χ1v) is 5.73. The van der Waals surface area contributed by atoms with Gasteiger partial charge in [0.25, 0.3) is 5.17 Å². The van der Waals surface area contributed by atoms with E-state index < -0.39 is 15.3 Å². The van der Waals surface area contributed by atoms with E-state index in [1.165, 1.54) is 0 Å². The monoisotopic (exact) mass is 242 g/mol. The van der Waals surface area contributed by atoms with E-state index in [1.54, 1.807) is 0 Å². The molecule has 0 fully saturated rings. The smallest absolute Gasteiger partial charge is 0.311 e. The highest BCUT2D eigenvalue weighted by Gasteiger charge is 2.12. The molecule has 0 heterocycles. The van der Waals surface area contributed by atoms with Gasteiger partial charge in [0.1, 0.15) is 0 Å². The number of hydrogen-bond donors (Lipinski definition) is 2. The lowest BCUT2D eigenvalue weighted by atomic mass is 10.3. The molecule has 8 heteroatoms. The third-order valence-corrected chi connectivity index (χ3v) is 2.64. The van der Waals surface area contributed by atoms with Crippen LogP contribution in [0.4, 0.5) is 0 Å². The van der Waals surface area contributed by atoms with Crippen LogP contribution in [-0.4, -0.2) is 24.3 Å². The van der Waals surface area contributed by atoms with Crippen LogP contribution in [0.1, 0.15) is 12.8 Å². The number of rotatable bonds is 5. The first kappa shape index (κ1) is 12.5. The number of thiocarbonyl (C=S) groups is 2. The molecule has 0 radical (unpaired) electrons. The molecular weight excluding hydrogens is 232 g/mol. The topological polar surface area (TPSA) is 95.4 Å². The molecule has 13 heavy (non-hydrogen) atoms. The highest BCUT2D eigenvalue weighted by molar-refractivity contribution is 7.88. The zero-order valence-corrected chi connectivity index (χ0v) is 9.18. The molecule has 0 aromatic rings. The van der Waals surface area contributed by atoms with Gasteiger partial charge in [0.05, 0.1) is 10.7 Å². The summed E-state index contributed by atoms with van der Waals surface area (Å²) in [5.74, 6) is -0.193. The van der Waals surface area contributed by atoms with Gasteiger partial charge in [-0.25, -0.2) is 0 Å². The van der Waals surface area contributed by atoms with Gasteiger partial charge in [0, 0.05) is 0 Å². The van der Waals surface area contributed by atoms with Crippen LogP contribution in [0, 0.1) is 0 Å². The third-order valence-electron chi connectivity index (χ3n) is 1.03. The largest absolute Gasteiger partial charge is 0.393 e. The SMILES string of the molecule is NC(=S)CCCS(=O)(=O)OC(N)=S. The minimum Gasteiger partial charge on any atom is -0.393 e. The fourth-order valence-electron chi connectivity index (χ4n) is 0.590. The highest BCUT2D eigenvalue weighted by atomic mass is 32.2. The molecule has 4 N–H and O–H groups in total. The van der Waals surface area contributed by atoms with Crippen molar-refractivity contribution >= 4 is 44.7 Å². The van der Waals surface area contributed by atoms with Crippen molar-refractivity contribution < 1.29 is 12.6 Å². The van der Waals surface area contributed by atoms with Crippen LogP contribution < -0.4 is 11.5 Å². The highest BCUT2D eigenvalue weighted by Crippen LogP contribution is 1.99. The molecule has 0 aliphatic carbocycles. The van der Waals surface area contributed by atoms with Crippen molar-refractivity contribution in [3.63, 3.8) is 0 Å². The zero-order valence-electron chi connectivity index (χ0n) is 6.73. The predicted octanol–water partition coefficient (Wildman–Crippen LogP) is -0.357. The Kier molecular flexibility index (Phi) is 5.11. The maximum Gasteiger partial charge on any atom is 0.311 e. The zero-order chi connectivity index (χ0) is 10.5. The Morgan fingerprint density at radius 1 is 1.31 bits per heavy atom. The summed E-state index contributed by atoms with van der Waals surface area (Å²) in [6, 6.07) is 0. The van der Waals surface area contributed by atoms with Gasteiger partial charge >= 0.3 is 10.1 Å². The molecule has 0 aliphatic rings. The van der Waals surface area contributed by atoms with Crippen LogP contribution in [0.3, 0.4) is 0 Å². The Morgan fingerprint density at radius 2 is 1.85 bits per heavy atom. The molecule has 0 aromatic carbocycles. The van der Waals surface area contributed by atoms with E-state index in [1.807, 2.05) is 0 Å². The average molecular weight is 242 g/mol. The van der Waals surface area contributed by atoms with Gasteiger partial charge < -0.3 is 15.7 Å². The van der Waals surface area contributed by atoms with E-state index in [0.29, 0.717) is 12.8 Å². The van der Waals surface area contributed by atoms with E-state index in [4.69, 9.17) is 11.5 Å². The Hall–Kier alpha value is -0.470. The first-order chi connectivity index (χ1) is 5.83. The van der Waals surface area contributed by atoms with Gasteiger partial charge in [0.2, 0.25) is 0 Å². The van der Waals surface area contributed by atoms with Crippen molar-refractivity contribution in [2.75, 3.05) is 5.75 Å². The van der Waals surface area contributed by atoms with E-state index >= 15 is 0 Å². The lowest BCUT2D eigenvalue weighted by Gasteiger charge is -2.03. The van der Waals surface area contributed by atoms with Crippen LogP contribution >= 0.6 is 24.4 Å². The molecule has 0 unspecified atom stereocenters. The molecular formula is C5H10N2O3S3. The minimum atomic E-state index is -3.66. The Balaban J connectivity index is 3.91. The molecule has 5 nitrogen and oxygen atoms in total. The molecule has 0 spiro atoms. The van der Waals surface area contributed by atoms with Crippen molar-refractivity contribution in [3.8, 4) is 0 Å². The van der Waals surface area contributed by atoms with Crippen LogP contribution in [0.2, 0.25) is 0 Å². The summed E-state index contributed by atoms with van der Waals surface area (Å²) in [5, 5.41) is -0.504. The fourth-order valence-corrected chi connectivity index (χ4v) is 1.88. The minimum absolute atomic E-state index is 0.193. The van der Waals surface area contributed by atoms with E-state index in [-0.39, 0.29) is 10.7 Å². The van der Waals surface area contributed by atoms with Gasteiger partial charge in [-0.2, -0.15) is 8.42 Å². The number of nitrogens with two attached hydrogens (primary N) is 2. The fraction of sp³-hybridized carbons (Fsp3) is 0.600. The van der Waals surface area contributed by atoms with Gasteiger partial charge in [-0.15, -0.1) is 0 Å². The molecule has 0 aliphatic heterocycles. The molecule has 0 bridgehead atoms. The Labute approximate surface area is 87.5 Å². The second-order valence-electron chi connectivity index (χ2n) is 2.23. The molecule has 76 valence electrons. The quantitative estimate of drug-likeness (QED) is 0.502. The summed E-state index contributed by atoms with van der Waals surface area (Å²) in [6.07, 6.45) is 0.662. The van der Waals surface area contributed by atoms with Crippen molar-refractivity contribution in [2.24, 2.45) is 11.5 Å². The summed E-state index contributed by atoms with van der Waals surface area (Å²) in [5.41, 5.74) is 10.1. The first-order valence-electron chi connectivity index (χ1n) is 3.33. The average Bonchev–Trinajstić information content (AvgIpc) is 1.81. The standard InChI is InChI=1S/C5H10N2O3S3/c6-4(11)2-1-3-13(8,9)10-5(7)12/h1-3H2,(H2,6,11)(H2,7,12). The van der Waals surface area contributed by atoms with Crippen LogP contribution in [0.25, 0.3) is 0 Å². The van der Waals surface area contributed by atoms with E-state index in [2.05, 4.69) is 28.6 Å². The van der Waals surface area contributed by atoms with E-state index in [9.17, 15) is 8.42 Å². The maximum atomic E-state index is 10.9. The van der Waals surface area contributed by atoms with Gasteiger partial charge in [0.15, 0.2) is 0 Å². The Morgan fingerprint density at radius 3 is 2.23 bits per heavy atom. The van der Waals surface area contributed by atoms with Gasteiger partial charge in [-0.05, 0) is 25.1 Å². The van der Waals surface area contributed by atoms with Crippen molar-refractivity contribution in [2.45, 2.75) is 12.8 Å². The third kappa shape index (κ3) is 7.88. The maximum absolute atomic E-state index is 10.9.